The maximum absolute atomic E-state index is 5.63. The van der Waals surface area contributed by atoms with E-state index in [1.165, 1.54) is 0 Å². The van der Waals surface area contributed by atoms with Crippen LogP contribution in [0.3, 0.4) is 0 Å². The molecule has 0 radical (unpaired) electrons. The minimum Gasteiger partial charge on any atom is -0.495 e. The van der Waals surface area contributed by atoms with Gasteiger partial charge in [0.2, 0.25) is 5.95 Å². The van der Waals surface area contributed by atoms with Crippen molar-refractivity contribution in [2.45, 2.75) is 0 Å². The molecule has 0 aliphatic carbocycles. The first kappa shape index (κ1) is 11.7. The molecule has 2 rings (SSSR count). The molecule has 6 heteroatoms. The van der Waals surface area contributed by atoms with Crippen molar-refractivity contribution >= 4 is 33.4 Å². The van der Waals surface area contributed by atoms with E-state index in [9.17, 15) is 0 Å². The lowest BCUT2D eigenvalue weighted by molar-refractivity contribution is 0.417. The summed E-state index contributed by atoms with van der Waals surface area (Å²) in [4.78, 5) is 8.24. The molecule has 2 aromatic rings. The number of hydrogen-bond donors (Lipinski definition) is 2. The van der Waals surface area contributed by atoms with Crippen LogP contribution in [0.1, 0.15) is 0 Å². The molecular formula is C11H11BrN4O. The average Bonchev–Trinajstić information content (AvgIpc) is 2.28. The Morgan fingerprint density at radius 2 is 2.06 bits per heavy atom. The van der Waals surface area contributed by atoms with Gasteiger partial charge in [-0.2, -0.15) is 4.98 Å². The highest BCUT2D eigenvalue weighted by Gasteiger charge is 2.05. The fourth-order valence-corrected chi connectivity index (χ4v) is 1.76. The lowest BCUT2D eigenvalue weighted by atomic mass is 10.3. The molecule has 0 spiro atoms. The van der Waals surface area contributed by atoms with E-state index in [2.05, 4.69) is 31.2 Å². The van der Waals surface area contributed by atoms with Crippen LogP contribution in [0.25, 0.3) is 0 Å². The maximum Gasteiger partial charge on any atom is 0.230 e. The van der Waals surface area contributed by atoms with Gasteiger partial charge in [-0.3, -0.25) is 0 Å². The molecule has 3 N–H and O–H groups in total. The first-order valence-corrected chi connectivity index (χ1v) is 5.68. The third-order valence-electron chi connectivity index (χ3n) is 2.07. The van der Waals surface area contributed by atoms with Gasteiger partial charge >= 0.3 is 0 Å². The topological polar surface area (TPSA) is 73.1 Å². The lowest BCUT2D eigenvalue weighted by Crippen LogP contribution is -2.01. The van der Waals surface area contributed by atoms with E-state index in [0.717, 1.165) is 11.4 Å². The number of halogens is 1. The highest BCUT2D eigenvalue weighted by Crippen LogP contribution is 2.26. The molecule has 0 aliphatic heterocycles. The molecule has 0 saturated heterocycles. The molecule has 1 aromatic carbocycles. The molecule has 0 saturated carbocycles. The molecule has 0 amide bonds. The van der Waals surface area contributed by atoms with Crippen molar-refractivity contribution in [3.05, 3.63) is 34.9 Å². The Bertz CT molecular complexity index is 512. The number of rotatable bonds is 3. The summed E-state index contributed by atoms with van der Waals surface area (Å²) in [6.07, 6.45) is 0. The van der Waals surface area contributed by atoms with Gasteiger partial charge in [0, 0.05) is 6.07 Å². The number of hydrogen-bond acceptors (Lipinski definition) is 5. The minimum atomic E-state index is 0.393. The third kappa shape index (κ3) is 2.85. The van der Waals surface area contributed by atoms with E-state index in [1.807, 2.05) is 24.3 Å². The SMILES string of the molecule is COc1ccccc1Nc1nc(N)cc(Br)n1. The van der Waals surface area contributed by atoms with Crippen LogP contribution < -0.4 is 15.8 Å². The first-order chi connectivity index (χ1) is 8.19. The first-order valence-electron chi connectivity index (χ1n) is 4.89. The molecular weight excluding hydrogens is 284 g/mol. The second-order valence-corrected chi connectivity index (χ2v) is 4.08. The predicted octanol–water partition coefficient (Wildman–Crippen LogP) is 2.57. The molecule has 0 aliphatic rings. The number of methoxy groups -OCH3 is 1. The summed E-state index contributed by atoms with van der Waals surface area (Å²) >= 11 is 3.26. The zero-order valence-electron chi connectivity index (χ0n) is 9.14. The molecule has 1 heterocycles. The summed E-state index contributed by atoms with van der Waals surface area (Å²) < 4.78 is 5.84. The van der Waals surface area contributed by atoms with E-state index in [1.54, 1.807) is 13.2 Å². The van der Waals surface area contributed by atoms with Crippen LogP contribution >= 0.6 is 15.9 Å². The predicted molar refractivity (Wildman–Crippen MR) is 70.4 cm³/mol. The zero-order chi connectivity index (χ0) is 12.3. The minimum absolute atomic E-state index is 0.393. The Kier molecular flexibility index (Phi) is 3.43. The fourth-order valence-electron chi connectivity index (χ4n) is 1.36. The van der Waals surface area contributed by atoms with Gasteiger partial charge in [-0.15, -0.1) is 0 Å². The number of nitrogen functional groups attached to an aromatic ring is 1. The number of nitrogens with one attached hydrogen (secondary N) is 1. The number of para-hydroxylation sites is 2. The summed E-state index contributed by atoms with van der Waals surface area (Å²) in [6.45, 7) is 0. The highest BCUT2D eigenvalue weighted by molar-refractivity contribution is 9.10. The van der Waals surface area contributed by atoms with Crippen molar-refractivity contribution in [1.29, 1.82) is 0 Å². The molecule has 88 valence electrons. The van der Waals surface area contributed by atoms with E-state index in [-0.39, 0.29) is 0 Å². The molecule has 5 nitrogen and oxygen atoms in total. The summed E-state index contributed by atoms with van der Waals surface area (Å²) in [5.74, 6) is 1.53. The number of anilines is 3. The Morgan fingerprint density at radius 3 is 2.76 bits per heavy atom. The van der Waals surface area contributed by atoms with Gasteiger partial charge in [0.1, 0.15) is 16.2 Å². The second-order valence-electron chi connectivity index (χ2n) is 3.26. The number of benzene rings is 1. The summed E-state index contributed by atoms with van der Waals surface area (Å²) in [7, 11) is 1.61. The molecule has 1 aromatic heterocycles. The van der Waals surface area contributed by atoms with Crippen molar-refractivity contribution < 1.29 is 4.74 Å². The van der Waals surface area contributed by atoms with Gasteiger partial charge in [-0.1, -0.05) is 12.1 Å². The summed E-state index contributed by atoms with van der Waals surface area (Å²) in [6, 6.07) is 9.14. The Labute approximate surface area is 107 Å². The van der Waals surface area contributed by atoms with Crippen molar-refractivity contribution in [2.24, 2.45) is 0 Å². The van der Waals surface area contributed by atoms with Crippen LogP contribution in [-0.2, 0) is 0 Å². The van der Waals surface area contributed by atoms with Crippen molar-refractivity contribution in [3.63, 3.8) is 0 Å². The van der Waals surface area contributed by atoms with Gasteiger partial charge in [0.15, 0.2) is 0 Å². The van der Waals surface area contributed by atoms with E-state index >= 15 is 0 Å². The van der Waals surface area contributed by atoms with Crippen LogP contribution in [0, 0.1) is 0 Å². The molecule has 0 unspecified atom stereocenters. The quantitative estimate of drug-likeness (QED) is 0.851. The Morgan fingerprint density at radius 1 is 1.29 bits per heavy atom. The normalized spacial score (nSPS) is 10.0. The lowest BCUT2D eigenvalue weighted by Gasteiger charge is -2.09. The Hall–Kier alpha value is -1.82. The highest BCUT2D eigenvalue weighted by atomic mass is 79.9. The van der Waals surface area contributed by atoms with Crippen LogP contribution in [0.2, 0.25) is 0 Å². The number of aromatic nitrogens is 2. The smallest absolute Gasteiger partial charge is 0.230 e. The van der Waals surface area contributed by atoms with Crippen LogP contribution in [0.15, 0.2) is 34.9 Å². The van der Waals surface area contributed by atoms with Crippen molar-refractivity contribution in [1.82, 2.24) is 9.97 Å². The van der Waals surface area contributed by atoms with Gasteiger partial charge in [0.25, 0.3) is 0 Å². The molecule has 0 fully saturated rings. The molecule has 0 atom stereocenters. The van der Waals surface area contributed by atoms with Crippen LogP contribution in [-0.4, -0.2) is 17.1 Å². The second kappa shape index (κ2) is 5.01. The van der Waals surface area contributed by atoms with E-state index < -0.39 is 0 Å². The third-order valence-corrected chi connectivity index (χ3v) is 2.47. The average molecular weight is 295 g/mol. The Balaban J connectivity index is 2.31. The zero-order valence-corrected chi connectivity index (χ0v) is 10.7. The van der Waals surface area contributed by atoms with Gasteiger partial charge in [-0.25, -0.2) is 4.98 Å². The fraction of sp³-hybridized carbons (Fsp3) is 0.0909. The van der Waals surface area contributed by atoms with Crippen molar-refractivity contribution in [2.75, 3.05) is 18.2 Å². The standard InChI is InChI=1S/C11H11BrN4O/c1-17-8-5-3-2-4-7(8)14-11-15-9(12)6-10(13)16-11/h2-6H,1H3,(H3,13,14,15,16). The van der Waals surface area contributed by atoms with E-state index in [0.29, 0.717) is 16.4 Å². The monoisotopic (exact) mass is 294 g/mol. The number of nitrogens with two attached hydrogens (primary N) is 1. The van der Waals surface area contributed by atoms with Gasteiger partial charge < -0.3 is 15.8 Å². The molecule has 17 heavy (non-hydrogen) atoms. The van der Waals surface area contributed by atoms with Crippen molar-refractivity contribution in [3.8, 4) is 5.75 Å². The number of ether oxygens (including phenoxy) is 1. The van der Waals surface area contributed by atoms with Gasteiger partial charge in [-0.05, 0) is 28.1 Å². The van der Waals surface area contributed by atoms with Gasteiger partial charge in [0.05, 0.1) is 12.8 Å². The van der Waals surface area contributed by atoms with Crippen LogP contribution in [0.5, 0.6) is 5.75 Å². The molecule has 0 bridgehead atoms. The van der Waals surface area contributed by atoms with Crippen LogP contribution in [0.4, 0.5) is 17.5 Å². The number of nitrogens with zero attached hydrogens (tertiary/aromatic N) is 2. The largest absolute Gasteiger partial charge is 0.495 e. The maximum atomic E-state index is 5.63. The van der Waals surface area contributed by atoms with E-state index in [4.69, 9.17) is 10.5 Å². The summed E-state index contributed by atoms with van der Waals surface area (Å²) in [5, 5.41) is 3.05. The summed E-state index contributed by atoms with van der Waals surface area (Å²) in [5.41, 5.74) is 6.42.